The van der Waals surface area contributed by atoms with Gasteiger partial charge in [0.15, 0.2) is 0 Å². The predicted molar refractivity (Wildman–Crippen MR) is 82.6 cm³/mol. The normalized spacial score (nSPS) is 13.2. The van der Waals surface area contributed by atoms with Crippen LogP contribution < -0.4 is 5.32 Å². The molecule has 0 radical (unpaired) electrons. The lowest BCUT2D eigenvalue weighted by Gasteiger charge is -2.35. The number of nitrogens with one attached hydrogen (secondary N) is 1. The Morgan fingerprint density at radius 1 is 1.00 bits per heavy atom. The molecule has 0 aliphatic rings. The molecule has 0 bridgehead atoms. The quantitative estimate of drug-likeness (QED) is 0.673. The van der Waals surface area contributed by atoms with E-state index in [0.29, 0.717) is 19.8 Å². The van der Waals surface area contributed by atoms with Crippen LogP contribution in [-0.4, -0.2) is 39.3 Å². The lowest BCUT2D eigenvalue weighted by Crippen LogP contribution is -2.59. The molecule has 0 amide bonds. The van der Waals surface area contributed by atoms with Crippen molar-refractivity contribution in [1.29, 1.82) is 0 Å². The van der Waals surface area contributed by atoms with Gasteiger partial charge >= 0.3 is 8.80 Å². The van der Waals surface area contributed by atoms with Gasteiger partial charge in [0.2, 0.25) is 0 Å². The number of hydrogen-bond donors (Lipinski definition) is 1. The van der Waals surface area contributed by atoms with Crippen molar-refractivity contribution >= 4 is 14.5 Å². The van der Waals surface area contributed by atoms with Gasteiger partial charge in [-0.2, -0.15) is 0 Å². The number of rotatable bonds is 10. The highest BCUT2D eigenvalue weighted by Crippen LogP contribution is 2.21. The van der Waals surface area contributed by atoms with Crippen molar-refractivity contribution < 1.29 is 13.3 Å². The molecule has 114 valence electrons. The molecule has 0 saturated carbocycles. The molecule has 1 aromatic rings. The highest BCUT2D eigenvalue weighted by atomic mass is 28.4. The predicted octanol–water partition coefficient (Wildman–Crippen LogP) is 2.86. The number of nitrogens with zero attached hydrogens (tertiary/aromatic N) is 1. The van der Waals surface area contributed by atoms with E-state index in [9.17, 15) is 0 Å². The van der Waals surface area contributed by atoms with E-state index < -0.39 is 8.80 Å². The molecule has 1 rings (SSSR count). The van der Waals surface area contributed by atoms with Crippen molar-refractivity contribution in [1.82, 2.24) is 4.98 Å². The van der Waals surface area contributed by atoms with Crippen LogP contribution in [-0.2, 0) is 13.3 Å². The summed E-state index contributed by atoms with van der Waals surface area (Å²) in [6.07, 6.45) is 4.40. The lowest BCUT2D eigenvalue weighted by molar-refractivity contribution is 0.0639. The molecular formula is C14H26N2O3Si. The van der Waals surface area contributed by atoms with E-state index >= 15 is 0 Å². The average molecular weight is 298 g/mol. The van der Waals surface area contributed by atoms with Crippen LogP contribution >= 0.6 is 0 Å². The van der Waals surface area contributed by atoms with Gasteiger partial charge in [0.1, 0.15) is 0 Å². The van der Waals surface area contributed by atoms with Crippen molar-refractivity contribution in [2.24, 2.45) is 0 Å². The highest BCUT2D eigenvalue weighted by Gasteiger charge is 2.48. The fourth-order valence-corrected chi connectivity index (χ4v) is 5.02. The summed E-state index contributed by atoms with van der Waals surface area (Å²) >= 11 is 0. The number of anilines is 1. The van der Waals surface area contributed by atoms with E-state index in [1.54, 1.807) is 12.4 Å². The SMILES string of the molecule is CCO[Si](OCC)(OCC)C(CC)Nc1ccncc1. The molecule has 1 atom stereocenters. The Hall–Kier alpha value is -0.953. The minimum Gasteiger partial charge on any atom is -0.378 e. The second kappa shape index (κ2) is 9.07. The van der Waals surface area contributed by atoms with Gasteiger partial charge in [-0.05, 0) is 39.3 Å². The fourth-order valence-electron chi connectivity index (χ4n) is 2.12. The van der Waals surface area contributed by atoms with Gasteiger partial charge in [0.05, 0.1) is 5.67 Å². The second-order valence-electron chi connectivity index (χ2n) is 4.24. The van der Waals surface area contributed by atoms with Gasteiger partial charge in [-0.1, -0.05) is 6.92 Å². The molecule has 1 unspecified atom stereocenters. The molecule has 0 spiro atoms. The maximum atomic E-state index is 5.95. The topological polar surface area (TPSA) is 52.6 Å². The number of hydrogen-bond acceptors (Lipinski definition) is 5. The van der Waals surface area contributed by atoms with Crippen molar-refractivity contribution in [3.8, 4) is 0 Å². The zero-order valence-electron chi connectivity index (χ0n) is 12.9. The first-order valence-corrected chi connectivity index (χ1v) is 9.10. The molecule has 0 fully saturated rings. The Kier molecular flexibility index (Phi) is 7.75. The minimum absolute atomic E-state index is 0.0322. The van der Waals surface area contributed by atoms with Crippen molar-refractivity contribution in [2.45, 2.75) is 39.8 Å². The number of pyridine rings is 1. The third-order valence-electron chi connectivity index (χ3n) is 2.89. The van der Waals surface area contributed by atoms with Crippen LogP contribution in [0.5, 0.6) is 0 Å². The van der Waals surface area contributed by atoms with Gasteiger partial charge in [-0.15, -0.1) is 0 Å². The molecule has 1 aromatic heterocycles. The summed E-state index contributed by atoms with van der Waals surface area (Å²) in [4.78, 5) is 4.03. The number of aromatic nitrogens is 1. The summed E-state index contributed by atoms with van der Waals surface area (Å²) in [5.41, 5.74) is 1.03. The van der Waals surface area contributed by atoms with Crippen LogP contribution in [0.3, 0.4) is 0 Å². The van der Waals surface area contributed by atoms with Gasteiger partial charge in [0, 0.05) is 37.9 Å². The first-order chi connectivity index (χ1) is 9.72. The van der Waals surface area contributed by atoms with Crippen LogP contribution in [0.15, 0.2) is 24.5 Å². The van der Waals surface area contributed by atoms with Gasteiger partial charge < -0.3 is 18.6 Å². The standard InChI is InChI=1S/C14H26N2O3Si/c1-5-14(16-13-9-11-15-12-10-13)20(17-6-2,18-7-3)19-8-4/h9-12,14H,5-8H2,1-4H3,(H,15,16). The lowest BCUT2D eigenvalue weighted by atomic mass is 10.4. The van der Waals surface area contributed by atoms with Crippen LogP contribution in [0.4, 0.5) is 5.69 Å². The van der Waals surface area contributed by atoms with E-state index in [4.69, 9.17) is 13.3 Å². The molecular weight excluding hydrogens is 272 g/mol. The summed E-state index contributed by atoms with van der Waals surface area (Å²) in [5.74, 6) is 0. The van der Waals surface area contributed by atoms with E-state index in [0.717, 1.165) is 12.1 Å². The zero-order chi connectivity index (χ0) is 14.8. The summed E-state index contributed by atoms with van der Waals surface area (Å²) in [5, 5.41) is 3.47. The third-order valence-corrected chi connectivity index (χ3v) is 6.37. The van der Waals surface area contributed by atoms with Gasteiger partial charge in [0.25, 0.3) is 0 Å². The molecule has 6 heteroatoms. The third kappa shape index (κ3) is 4.55. The molecule has 0 saturated heterocycles. The Morgan fingerprint density at radius 2 is 1.50 bits per heavy atom. The van der Waals surface area contributed by atoms with Crippen LogP contribution in [0.25, 0.3) is 0 Å². The zero-order valence-corrected chi connectivity index (χ0v) is 13.9. The molecule has 0 aliphatic carbocycles. The van der Waals surface area contributed by atoms with Crippen LogP contribution in [0.1, 0.15) is 34.1 Å². The first-order valence-electron chi connectivity index (χ1n) is 7.30. The Balaban J connectivity index is 2.93. The first kappa shape index (κ1) is 17.1. The minimum atomic E-state index is -2.74. The maximum Gasteiger partial charge on any atom is 0.524 e. The highest BCUT2D eigenvalue weighted by molar-refractivity contribution is 6.63. The van der Waals surface area contributed by atoms with E-state index in [1.165, 1.54) is 0 Å². The Morgan fingerprint density at radius 3 is 1.90 bits per heavy atom. The molecule has 0 aromatic carbocycles. The largest absolute Gasteiger partial charge is 0.524 e. The summed E-state index contributed by atoms with van der Waals surface area (Å²) in [6, 6.07) is 3.87. The molecule has 0 aliphatic heterocycles. The van der Waals surface area contributed by atoms with E-state index in [-0.39, 0.29) is 5.67 Å². The monoisotopic (exact) mass is 298 g/mol. The van der Waals surface area contributed by atoms with Crippen molar-refractivity contribution in [3.05, 3.63) is 24.5 Å². The summed E-state index contributed by atoms with van der Waals surface area (Å²) in [7, 11) is -2.74. The fraction of sp³-hybridized carbons (Fsp3) is 0.643. The Labute approximate surface area is 123 Å². The van der Waals surface area contributed by atoms with E-state index in [1.807, 2.05) is 32.9 Å². The smallest absolute Gasteiger partial charge is 0.378 e. The average Bonchev–Trinajstić information content (AvgIpc) is 2.46. The molecule has 5 nitrogen and oxygen atoms in total. The molecule has 1 heterocycles. The van der Waals surface area contributed by atoms with Crippen LogP contribution in [0, 0.1) is 0 Å². The van der Waals surface area contributed by atoms with Crippen molar-refractivity contribution in [3.63, 3.8) is 0 Å². The maximum absolute atomic E-state index is 5.95. The summed E-state index contributed by atoms with van der Waals surface area (Å²) < 4.78 is 17.9. The molecule has 20 heavy (non-hydrogen) atoms. The molecule has 1 N–H and O–H groups in total. The van der Waals surface area contributed by atoms with E-state index in [2.05, 4.69) is 17.2 Å². The Bertz CT molecular complexity index is 348. The summed E-state index contributed by atoms with van der Waals surface area (Å²) in [6.45, 7) is 9.77. The van der Waals surface area contributed by atoms with Crippen molar-refractivity contribution in [2.75, 3.05) is 25.1 Å². The van der Waals surface area contributed by atoms with Crippen LogP contribution in [0.2, 0.25) is 0 Å². The second-order valence-corrected chi connectivity index (χ2v) is 7.01. The van der Waals surface area contributed by atoms with Gasteiger partial charge in [-0.25, -0.2) is 0 Å². The van der Waals surface area contributed by atoms with Gasteiger partial charge in [-0.3, -0.25) is 4.98 Å².